The maximum atomic E-state index is 12.6. The lowest BCUT2D eigenvalue weighted by atomic mass is 9.94. The number of aromatic amines is 1. The Morgan fingerprint density at radius 3 is 2.96 bits per heavy atom. The van der Waals surface area contributed by atoms with Crippen LogP contribution in [0.15, 0.2) is 17.6 Å². The molecule has 1 fully saturated rings. The summed E-state index contributed by atoms with van der Waals surface area (Å²) in [6.45, 7) is 8.07. The fourth-order valence-electron chi connectivity index (χ4n) is 2.95. The van der Waals surface area contributed by atoms with Crippen LogP contribution in [0.3, 0.4) is 0 Å². The summed E-state index contributed by atoms with van der Waals surface area (Å²) in [5.74, 6) is 0.552. The average Bonchev–Trinajstić information content (AvgIpc) is 3.18. The SMILES string of the molecule is CC(C)(C)c1nc(CC(=O)N2CCC[C@@H](c3ccn[nH]3)C2)cs1. The molecule has 1 atom stereocenters. The van der Waals surface area contributed by atoms with Gasteiger partial charge in [0.25, 0.3) is 0 Å². The van der Waals surface area contributed by atoms with E-state index in [9.17, 15) is 4.79 Å². The van der Waals surface area contributed by atoms with Crippen molar-refractivity contribution in [3.8, 4) is 0 Å². The van der Waals surface area contributed by atoms with E-state index in [0.29, 0.717) is 12.3 Å². The molecule has 0 spiro atoms. The number of aromatic nitrogens is 3. The van der Waals surface area contributed by atoms with Crippen molar-refractivity contribution in [3.63, 3.8) is 0 Å². The third-order valence-electron chi connectivity index (χ3n) is 4.26. The molecule has 5 nitrogen and oxygen atoms in total. The van der Waals surface area contributed by atoms with Gasteiger partial charge in [0.1, 0.15) is 0 Å². The Kier molecular flexibility index (Phi) is 4.53. The number of nitrogens with one attached hydrogen (secondary N) is 1. The highest BCUT2D eigenvalue weighted by Crippen LogP contribution is 2.27. The van der Waals surface area contributed by atoms with Crippen molar-refractivity contribution in [1.82, 2.24) is 20.1 Å². The average molecular weight is 332 g/mol. The predicted molar refractivity (Wildman–Crippen MR) is 91.7 cm³/mol. The van der Waals surface area contributed by atoms with Gasteiger partial charge in [0.2, 0.25) is 5.91 Å². The molecule has 6 heteroatoms. The van der Waals surface area contributed by atoms with Gasteiger partial charge in [0.05, 0.1) is 17.1 Å². The van der Waals surface area contributed by atoms with Gasteiger partial charge in [-0.15, -0.1) is 11.3 Å². The second-order valence-corrected chi connectivity index (χ2v) is 8.12. The highest BCUT2D eigenvalue weighted by atomic mass is 32.1. The lowest BCUT2D eigenvalue weighted by Crippen LogP contribution is -2.40. The third kappa shape index (κ3) is 3.80. The summed E-state index contributed by atoms with van der Waals surface area (Å²) in [4.78, 5) is 19.2. The van der Waals surface area contributed by atoms with Crippen molar-refractivity contribution in [1.29, 1.82) is 0 Å². The van der Waals surface area contributed by atoms with E-state index in [1.807, 2.05) is 16.3 Å². The van der Waals surface area contributed by atoms with E-state index in [0.717, 1.165) is 42.3 Å². The first-order valence-corrected chi connectivity index (χ1v) is 9.03. The minimum Gasteiger partial charge on any atom is -0.342 e. The standard InChI is InChI=1S/C17H24N4OS/c1-17(2,3)16-19-13(11-23-16)9-15(22)21-8-4-5-12(10-21)14-6-7-18-20-14/h6-7,11-12H,4-5,8-10H2,1-3H3,(H,18,20)/t12-/m1/s1. The molecule has 3 rings (SSSR count). The van der Waals surface area contributed by atoms with Gasteiger partial charge in [-0.3, -0.25) is 9.89 Å². The zero-order valence-electron chi connectivity index (χ0n) is 14.0. The van der Waals surface area contributed by atoms with E-state index in [4.69, 9.17) is 0 Å². The molecule has 1 aliphatic rings. The zero-order chi connectivity index (χ0) is 16.4. The number of piperidine rings is 1. The Morgan fingerprint density at radius 2 is 2.30 bits per heavy atom. The Bertz CT molecular complexity index is 656. The monoisotopic (exact) mass is 332 g/mol. The normalized spacial score (nSPS) is 19.1. The summed E-state index contributed by atoms with van der Waals surface area (Å²) in [5, 5.41) is 10.2. The molecule has 0 aromatic carbocycles. The number of thiazole rings is 1. The van der Waals surface area contributed by atoms with Gasteiger partial charge < -0.3 is 4.90 Å². The molecule has 3 heterocycles. The van der Waals surface area contributed by atoms with Gasteiger partial charge in [-0.25, -0.2) is 4.98 Å². The van der Waals surface area contributed by atoms with Gasteiger partial charge in [0, 0.05) is 41.7 Å². The first kappa shape index (κ1) is 16.2. The van der Waals surface area contributed by atoms with Crippen molar-refractivity contribution in [2.24, 2.45) is 0 Å². The number of amides is 1. The molecular formula is C17H24N4OS. The molecule has 0 aliphatic carbocycles. The molecule has 0 unspecified atom stereocenters. The quantitative estimate of drug-likeness (QED) is 0.939. The van der Waals surface area contributed by atoms with Gasteiger partial charge in [-0.05, 0) is 18.9 Å². The third-order valence-corrected chi connectivity index (χ3v) is 5.58. The molecular weight excluding hydrogens is 308 g/mol. The number of rotatable bonds is 3. The first-order valence-electron chi connectivity index (χ1n) is 8.15. The van der Waals surface area contributed by atoms with Crippen LogP contribution in [0, 0.1) is 0 Å². The lowest BCUT2D eigenvalue weighted by molar-refractivity contribution is -0.131. The van der Waals surface area contributed by atoms with Crippen molar-refractivity contribution in [3.05, 3.63) is 34.0 Å². The van der Waals surface area contributed by atoms with Gasteiger partial charge in [-0.2, -0.15) is 5.10 Å². The summed E-state index contributed by atoms with van der Waals surface area (Å²) in [5.41, 5.74) is 2.07. The molecule has 1 saturated heterocycles. The van der Waals surface area contributed by atoms with Crippen molar-refractivity contribution in [2.75, 3.05) is 13.1 Å². The smallest absolute Gasteiger partial charge is 0.228 e. The van der Waals surface area contributed by atoms with Crippen LogP contribution in [-0.2, 0) is 16.6 Å². The lowest BCUT2D eigenvalue weighted by Gasteiger charge is -2.32. The molecule has 124 valence electrons. The molecule has 1 aliphatic heterocycles. The van der Waals surface area contributed by atoms with Gasteiger partial charge >= 0.3 is 0 Å². The number of hydrogen-bond donors (Lipinski definition) is 1. The maximum Gasteiger partial charge on any atom is 0.228 e. The van der Waals surface area contributed by atoms with Crippen LogP contribution in [-0.4, -0.2) is 39.1 Å². The summed E-state index contributed by atoms with van der Waals surface area (Å²) in [6.07, 6.45) is 4.33. The minimum atomic E-state index is 0.0444. The summed E-state index contributed by atoms with van der Waals surface area (Å²) >= 11 is 1.65. The van der Waals surface area contributed by atoms with E-state index in [-0.39, 0.29) is 11.3 Å². The molecule has 1 N–H and O–H groups in total. The number of H-pyrrole nitrogens is 1. The van der Waals surface area contributed by atoms with E-state index in [1.165, 1.54) is 0 Å². The second-order valence-electron chi connectivity index (χ2n) is 7.26. The molecule has 2 aromatic rings. The van der Waals surface area contributed by atoms with Crippen LogP contribution in [0.4, 0.5) is 0 Å². The summed E-state index contributed by atoms with van der Waals surface area (Å²) in [7, 11) is 0. The molecule has 0 bridgehead atoms. The van der Waals surface area contributed by atoms with Crippen LogP contribution in [0.5, 0.6) is 0 Å². The number of nitrogens with zero attached hydrogens (tertiary/aromatic N) is 3. The summed E-state index contributed by atoms with van der Waals surface area (Å²) < 4.78 is 0. The van der Waals surface area contributed by atoms with Crippen LogP contribution >= 0.6 is 11.3 Å². The largest absolute Gasteiger partial charge is 0.342 e. The van der Waals surface area contributed by atoms with E-state index in [1.54, 1.807) is 17.5 Å². The van der Waals surface area contributed by atoms with Crippen LogP contribution < -0.4 is 0 Å². The minimum absolute atomic E-state index is 0.0444. The fourth-order valence-corrected chi connectivity index (χ4v) is 3.86. The second kappa shape index (κ2) is 6.43. The van der Waals surface area contributed by atoms with Crippen LogP contribution in [0.1, 0.15) is 55.9 Å². The van der Waals surface area contributed by atoms with Crippen molar-refractivity contribution in [2.45, 2.75) is 51.4 Å². The van der Waals surface area contributed by atoms with Crippen molar-refractivity contribution < 1.29 is 4.79 Å². The Balaban J connectivity index is 1.63. The van der Waals surface area contributed by atoms with Gasteiger partial charge in [-0.1, -0.05) is 20.8 Å². The number of carbonyl (C=O) groups excluding carboxylic acids is 1. The van der Waals surface area contributed by atoms with Crippen LogP contribution in [0.25, 0.3) is 0 Å². The van der Waals surface area contributed by atoms with E-state index >= 15 is 0 Å². The molecule has 23 heavy (non-hydrogen) atoms. The summed E-state index contributed by atoms with van der Waals surface area (Å²) in [6, 6.07) is 2.01. The Hall–Kier alpha value is -1.69. The predicted octanol–water partition coefficient (Wildman–Crippen LogP) is 3.11. The highest BCUT2D eigenvalue weighted by Gasteiger charge is 2.26. The fraction of sp³-hybridized carbons (Fsp3) is 0.588. The van der Waals surface area contributed by atoms with E-state index < -0.39 is 0 Å². The molecule has 0 saturated carbocycles. The first-order chi connectivity index (χ1) is 10.9. The van der Waals surface area contributed by atoms with Crippen molar-refractivity contribution >= 4 is 17.2 Å². The van der Waals surface area contributed by atoms with E-state index in [2.05, 4.69) is 36.0 Å². The Morgan fingerprint density at radius 1 is 1.48 bits per heavy atom. The number of carbonyl (C=O) groups is 1. The number of likely N-dealkylation sites (tertiary alicyclic amines) is 1. The van der Waals surface area contributed by atoms with Gasteiger partial charge in [0.15, 0.2) is 0 Å². The van der Waals surface area contributed by atoms with Crippen LogP contribution in [0.2, 0.25) is 0 Å². The molecule has 0 radical (unpaired) electrons. The Labute approximate surface area is 141 Å². The molecule has 1 amide bonds. The zero-order valence-corrected chi connectivity index (χ0v) is 14.8. The number of hydrogen-bond acceptors (Lipinski definition) is 4. The topological polar surface area (TPSA) is 61.9 Å². The highest BCUT2D eigenvalue weighted by molar-refractivity contribution is 7.09. The maximum absolute atomic E-state index is 12.6. The molecule has 2 aromatic heterocycles.